The first kappa shape index (κ1) is 12.9. The molecule has 0 aromatic heterocycles. The Morgan fingerprint density at radius 1 is 1.35 bits per heavy atom. The van der Waals surface area contributed by atoms with Crippen molar-refractivity contribution in [2.24, 2.45) is 0 Å². The molecule has 17 heavy (non-hydrogen) atoms. The molecule has 0 aliphatic carbocycles. The van der Waals surface area contributed by atoms with E-state index in [1.165, 1.54) is 14.0 Å². The van der Waals surface area contributed by atoms with Crippen molar-refractivity contribution in [2.75, 3.05) is 13.9 Å². The van der Waals surface area contributed by atoms with Crippen LogP contribution in [0.4, 0.5) is 0 Å². The fourth-order valence-corrected chi connectivity index (χ4v) is 2.14. The van der Waals surface area contributed by atoms with E-state index in [4.69, 9.17) is 23.7 Å². The Balaban J connectivity index is 2.09. The van der Waals surface area contributed by atoms with Gasteiger partial charge in [0.1, 0.15) is 25.1 Å². The maximum Gasteiger partial charge on any atom is 0.190 e. The largest absolute Gasteiger partial charge is 0.359 e. The summed E-state index contributed by atoms with van der Waals surface area (Å²) < 4.78 is 27.1. The smallest absolute Gasteiger partial charge is 0.190 e. The normalized spacial score (nSPS) is 39.3. The monoisotopic (exact) mass is 246 g/mol. The molecule has 0 radical (unpaired) electrons. The van der Waals surface area contributed by atoms with Crippen LogP contribution in [0.2, 0.25) is 0 Å². The Morgan fingerprint density at radius 3 is 2.65 bits per heavy atom. The molecule has 0 saturated carbocycles. The number of carbonyl (C=O) groups excluding carboxylic acids is 1. The lowest BCUT2D eigenvalue weighted by Gasteiger charge is -2.24. The van der Waals surface area contributed by atoms with E-state index in [0.717, 1.165) is 0 Å². The molecule has 6 heteroatoms. The molecule has 98 valence electrons. The van der Waals surface area contributed by atoms with Crippen molar-refractivity contribution in [1.82, 2.24) is 0 Å². The van der Waals surface area contributed by atoms with Crippen LogP contribution in [-0.2, 0) is 28.5 Å². The zero-order valence-corrected chi connectivity index (χ0v) is 10.5. The van der Waals surface area contributed by atoms with Crippen molar-refractivity contribution >= 4 is 5.78 Å². The lowest BCUT2D eigenvalue weighted by atomic mass is 10.1. The van der Waals surface area contributed by atoms with Gasteiger partial charge in [-0.15, -0.1) is 0 Å². The molecular weight excluding hydrogens is 228 g/mol. The van der Waals surface area contributed by atoms with Gasteiger partial charge in [-0.3, -0.25) is 4.79 Å². The van der Waals surface area contributed by atoms with Crippen molar-refractivity contribution in [1.29, 1.82) is 0 Å². The molecule has 0 N–H and O–H groups in total. The number of fused-ring (bicyclic) bond motifs is 1. The summed E-state index contributed by atoms with van der Waals surface area (Å²) in [5.74, 6) is -0.823. The SMILES string of the molecule is COCO[C@@H]1[C@H]2OC(C)(C)O[C@H]2O[C@@H]1C(C)=O. The highest BCUT2D eigenvalue weighted by Crippen LogP contribution is 2.38. The van der Waals surface area contributed by atoms with Gasteiger partial charge in [0.15, 0.2) is 17.9 Å². The first-order valence-electron chi connectivity index (χ1n) is 5.57. The number of methoxy groups -OCH3 is 1. The summed E-state index contributed by atoms with van der Waals surface area (Å²) in [5.41, 5.74) is 0. The standard InChI is InChI=1S/C11H18O6/c1-6(12)7-8(14-5-13-4)9-10(15-7)17-11(2,3)16-9/h7-10H,5H2,1-4H3/t7-,8+,9-,10-/m1/s1. The van der Waals surface area contributed by atoms with Crippen LogP contribution in [0, 0.1) is 0 Å². The molecule has 2 rings (SSSR count). The van der Waals surface area contributed by atoms with E-state index in [1.807, 2.05) is 0 Å². The third-order valence-corrected chi connectivity index (χ3v) is 2.77. The fourth-order valence-electron chi connectivity index (χ4n) is 2.14. The van der Waals surface area contributed by atoms with Crippen molar-refractivity contribution in [3.05, 3.63) is 0 Å². The average molecular weight is 246 g/mol. The molecule has 0 aromatic carbocycles. The maximum atomic E-state index is 11.5. The molecule has 6 nitrogen and oxygen atoms in total. The highest BCUT2D eigenvalue weighted by molar-refractivity contribution is 5.81. The Hall–Kier alpha value is -0.530. The molecule has 2 fully saturated rings. The molecular formula is C11H18O6. The second-order valence-corrected chi connectivity index (χ2v) is 4.67. The summed E-state index contributed by atoms with van der Waals surface area (Å²) >= 11 is 0. The molecule has 2 aliphatic heterocycles. The second kappa shape index (κ2) is 4.62. The highest BCUT2D eigenvalue weighted by atomic mass is 16.8. The van der Waals surface area contributed by atoms with Crippen LogP contribution in [0.15, 0.2) is 0 Å². The van der Waals surface area contributed by atoms with E-state index in [1.54, 1.807) is 13.8 Å². The average Bonchev–Trinajstić information content (AvgIpc) is 2.67. The van der Waals surface area contributed by atoms with Crippen LogP contribution in [0.1, 0.15) is 20.8 Å². The van der Waals surface area contributed by atoms with Crippen LogP contribution in [0.25, 0.3) is 0 Å². The third-order valence-electron chi connectivity index (χ3n) is 2.77. The van der Waals surface area contributed by atoms with Crippen molar-refractivity contribution in [3.8, 4) is 0 Å². The van der Waals surface area contributed by atoms with Crippen LogP contribution in [0.5, 0.6) is 0 Å². The van der Waals surface area contributed by atoms with E-state index in [0.29, 0.717) is 0 Å². The minimum Gasteiger partial charge on any atom is -0.359 e. The van der Waals surface area contributed by atoms with Gasteiger partial charge in [0.05, 0.1) is 0 Å². The van der Waals surface area contributed by atoms with Gasteiger partial charge in [0.2, 0.25) is 0 Å². The summed E-state index contributed by atoms with van der Waals surface area (Å²) in [5, 5.41) is 0. The van der Waals surface area contributed by atoms with E-state index < -0.39 is 30.4 Å². The lowest BCUT2D eigenvalue weighted by Crippen LogP contribution is -2.40. The van der Waals surface area contributed by atoms with Gasteiger partial charge in [0.25, 0.3) is 0 Å². The number of ether oxygens (including phenoxy) is 5. The second-order valence-electron chi connectivity index (χ2n) is 4.67. The lowest BCUT2D eigenvalue weighted by molar-refractivity contribution is -0.222. The Morgan fingerprint density at radius 2 is 2.06 bits per heavy atom. The van der Waals surface area contributed by atoms with Gasteiger partial charge in [-0.05, 0) is 20.8 Å². The van der Waals surface area contributed by atoms with Gasteiger partial charge < -0.3 is 23.7 Å². The van der Waals surface area contributed by atoms with Crippen LogP contribution < -0.4 is 0 Å². The number of ketones is 1. The third kappa shape index (κ3) is 2.51. The molecule has 2 saturated heterocycles. The van der Waals surface area contributed by atoms with Crippen LogP contribution >= 0.6 is 0 Å². The van der Waals surface area contributed by atoms with E-state index in [2.05, 4.69) is 0 Å². The van der Waals surface area contributed by atoms with Crippen molar-refractivity contribution < 1.29 is 28.5 Å². The number of hydrogen-bond donors (Lipinski definition) is 0. The molecule has 0 aromatic rings. The van der Waals surface area contributed by atoms with Gasteiger partial charge in [-0.1, -0.05) is 0 Å². The first-order chi connectivity index (χ1) is 7.94. The fraction of sp³-hybridized carbons (Fsp3) is 0.909. The number of Topliss-reactive ketones (excluding diaryl/α,β-unsaturated/α-hetero) is 1. The van der Waals surface area contributed by atoms with Crippen LogP contribution in [0.3, 0.4) is 0 Å². The molecule has 2 heterocycles. The molecule has 0 unspecified atom stereocenters. The highest BCUT2D eigenvalue weighted by Gasteiger charge is 2.56. The van der Waals surface area contributed by atoms with Gasteiger partial charge in [-0.25, -0.2) is 0 Å². The minimum atomic E-state index is -0.716. The zero-order valence-electron chi connectivity index (χ0n) is 10.5. The first-order valence-corrected chi connectivity index (χ1v) is 5.57. The molecule has 2 aliphatic rings. The molecule has 0 amide bonds. The Bertz CT molecular complexity index is 302. The molecule has 0 spiro atoms. The quantitative estimate of drug-likeness (QED) is 0.671. The van der Waals surface area contributed by atoms with E-state index in [9.17, 15) is 4.79 Å². The Kier molecular flexibility index (Phi) is 3.51. The van der Waals surface area contributed by atoms with Crippen LogP contribution in [-0.4, -0.2) is 50.1 Å². The summed E-state index contributed by atoms with van der Waals surface area (Å²) in [4.78, 5) is 11.5. The molecule has 0 bridgehead atoms. The van der Waals surface area contributed by atoms with Gasteiger partial charge in [0, 0.05) is 7.11 Å². The summed E-state index contributed by atoms with van der Waals surface area (Å²) in [6, 6.07) is 0. The number of carbonyl (C=O) groups is 1. The maximum absolute atomic E-state index is 11.5. The summed E-state index contributed by atoms with van der Waals surface area (Å²) in [6.45, 7) is 5.14. The van der Waals surface area contributed by atoms with Gasteiger partial charge >= 0.3 is 0 Å². The van der Waals surface area contributed by atoms with E-state index in [-0.39, 0.29) is 12.6 Å². The van der Waals surface area contributed by atoms with Crippen molar-refractivity contribution in [2.45, 2.75) is 51.2 Å². The topological polar surface area (TPSA) is 63.2 Å². The Labute approximate surface area is 100 Å². The zero-order chi connectivity index (χ0) is 12.6. The van der Waals surface area contributed by atoms with Crippen molar-refractivity contribution in [3.63, 3.8) is 0 Å². The summed E-state index contributed by atoms with van der Waals surface area (Å²) in [6.07, 6.45) is -2.09. The minimum absolute atomic E-state index is 0.0881. The predicted octanol–water partition coefficient (Wildman–Crippen LogP) is 0.441. The number of rotatable bonds is 4. The molecule has 4 atom stereocenters. The predicted molar refractivity (Wildman–Crippen MR) is 56.1 cm³/mol. The van der Waals surface area contributed by atoms with Gasteiger partial charge in [-0.2, -0.15) is 0 Å². The number of hydrogen-bond acceptors (Lipinski definition) is 6. The summed E-state index contributed by atoms with van der Waals surface area (Å²) in [7, 11) is 1.52. The van der Waals surface area contributed by atoms with E-state index >= 15 is 0 Å².